The first-order valence-electron chi connectivity index (χ1n) is 10.2. The van der Waals surface area contributed by atoms with Crippen LogP contribution in [-0.2, 0) is 13.0 Å². The number of hydrogen-bond acceptors (Lipinski definition) is 5. The predicted octanol–water partition coefficient (Wildman–Crippen LogP) is 5.07. The average Bonchev–Trinajstić information content (AvgIpc) is 3.35. The van der Waals surface area contributed by atoms with Crippen LogP contribution in [0.5, 0.6) is 11.5 Å². The minimum absolute atomic E-state index is 0.0477. The van der Waals surface area contributed by atoms with Crippen molar-refractivity contribution in [2.24, 2.45) is 0 Å². The van der Waals surface area contributed by atoms with E-state index in [2.05, 4.69) is 10.3 Å². The number of amides is 1. The molecule has 0 saturated heterocycles. The zero-order chi connectivity index (χ0) is 21.5. The largest absolute Gasteiger partial charge is 0.455 e. The summed E-state index contributed by atoms with van der Waals surface area (Å²) in [6, 6.07) is 15.0. The maximum Gasteiger partial charge on any atom is 0.266 e. The molecule has 0 saturated carbocycles. The van der Waals surface area contributed by atoms with E-state index >= 15 is 0 Å². The van der Waals surface area contributed by atoms with Crippen molar-refractivity contribution in [1.29, 1.82) is 0 Å². The summed E-state index contributed by atoms with van der Waals surface area (Å²) in [5.74, 6) is 1.79. The van der Waals surface area contributed by atoms with Crippen LogP contribution in [0.3, 0.4) is 0 Å². The number of anilines is 1. The van der Waals surface area contributed by atoms with Gasteiger partial charge in [-0.3, -0.25) is 14.2 Å². The number of benzene rings is 2. The van der Waals surface area contributed by atoms with Gasteiger partial charge in [0.25, 0.3) is 11.5 Å². The van der Waals surface area contributed by atoms with Gasteiger partial charge in [-0.2, -0.15) is 0 Å². The summed E-state index contributed by atoms with van der Waals surface area (Å²) in [5, 5.41) is 3.50. The zero-order valence-electron chi connectivity index (χ0n) is 17.3. The van der Waals surface area contributed by atoms with Crippen LogP contribution in [0, 0.1) is 13.8 Å². The molecule has 0 spiro atoms. The lowest BCUT2D eigenvalue weighted by Crippen LogP contribution is -2.20. The zero-order valence-corrected chi connectivity index (χ0v) is 18.1. The van der Waals surface area contributed by atoms with Crippen molar-refractivity contribution < 1.29 is 9.53 Å². The second kappa shape index (κ2) is 7.67. The molecule has 4 aromatic rings. The molecule has 0 aliphatic carbocycles. The van der Waals surface area contributed by atoms with Crippen molar-refractivity contribution in [2.75, 3.05) is 5.32 Å². The predicted molar refractivity (Wildman–Crippen MR) is 123 cm³/mol. The van der Waals surface area contributed by atoms with E-state index < -0.39 is 0 Å². The number of ether oxygens (including phenoxy) is 1. The Kier molecular flexibility index (Phi) is 4.82. The molecule has 2 aromatic heterocycles. The molecule has 0 atom stereocenters. The molecule has 7 heteroatoms. The molecule has 0 radical (unpaired) electrons. The number of nitrogens with one attached hydrogen (secondary N) is 1. The van der Waals surface area contributed by atoms with Crippen LogP contribution in [-0.4, -0.2) is 15.5 Å². The summed E-state index contributed by atoms with van der Waals surface area (Å²) < 4.78 is 7.74. The first-order valence-corrected chi connectivity index (χ1v) is 11.0. The lowest BCUT2D eigenvalue weighted by molar-refractivity contribution is 0.102. The van der Waals surface area contributed by atoms with Crippen molar-refractivity contribution in [3.63, 3.8) is 0 Å². The number of thiophene rings is 1. The Bertz CT molecular complexity index is 1390. The molecule has 156 valence electrons. The minimum Gasteiger partial charge on any atom is -0.455 e. The molecule has 0 bridgehead atoms. The van der Waals surface area contributed by atoms with Gasteiger partial charge in [-0.1, -0.05) is 24.3 Å². The van der Waals surface area contributed by atoms with Crippen molar-refractivity contribution >= 4 is 33.1 Å². The van der Waals surface area contributed by atoms with E-state index in [0.29, 0.717) is 44.4 Å². The van der Waals surface area contributed by atoms with E-state index in [9.17, 15) is 9.59 Å². The van der Waals surface area contributed by atoms with Crippen molar-refractivity contribution in [2.45, 2.75) is 33.2 Å². The van der Waals surface area contributed by atoms with E-state index in [1.54, 1.807) is 10.6 Å². The topological polar surface area (TPSA) is 73.2 Å². The van der Waals surface area contributed by atoms with Gasteiger partial charge >= 0.3 is 0 Å². The monoisotopic (exact) mass is 431 g/mol. The highest BCUT2D eigenvalue weighted by Crippen LogP contribution is 2.33. The molecule has 1 aliphatic heterocycles. The smallest absolute Gasteiger partial charge is 0.266 e. The van der Waals surface area contributed by atoms with Gasteiger partial charge < -0.3 is 10.1 Å². The Balaban J connectivity index is 1.47. The summed E-state index contributed by atoms with van der Waals surface area (Å²) in [4.78, 5) is 31.8. The van der Waals surface area contributed by atoms with Gasteiger partial charge in [-0.15, -0.1) is 11.3 Å². The number of para-hydroxylation sites is 2. The Morgan fingerprint density at radius 3 is 2.84 bits per heavy atom. The highest BCUT2D eigenvalue weighted by Gasteiger charge is 2.23. The molecule has 5 rings (SSSR count). The quantitative estimate of drug-likeness (QED) is 0.490. The normalized spacial score (nSPS) is 12.7. The van der Waals surface area contributed by atoms with Crippen LogP contribution >= 0.6 is 11.3 Å². The molecule has 31 heavy (non-hydrogen) atoms. The third-order valence-electron chi connectivity index (χ3n) is 5.47. The highest BCUT2D eigenvalue weighted by molar-refractivity contribution is 7.20. The summed E-state index contributed by atoms with van der Waals surface area (Å²) in [7, 11) is 0. The Morgan fingerprint density at radius 2 is 2.00 bits per heavy atom. The number of carbonyl (C=O) groups is 1. The molecule has 6 nitrogen and oxygen atoms in total. The highest BCUT2D eigenvalue weighted by atomic mass is 32.1. The number of carbonyl (C=O) groups excluding carboxylic acids is 1. The van der Waals surface area contributed by atoms with Gasteiger partial charge in [-0.25, -0.2) is 4.98 Å². The molecule has 1 aliphatic rings. The third-order valence-corrected chi connectivity index (χ3v) is 6.65. The standard InChI is InChI=1S/C24H21N3O3S/c1-14-7-5-8-16(13-14)30-18-10-4-3-9-17(18)25-22(28)21-15(2)20-23(31-21)26-19-11-6-12-27(19)24(20)29/h3-5,7-10,13H,6,11-12H2,1-2H3,(H,25,28). The molecular weight excluding hydrogens is 410 g/mol. The second-order valence-corrected chi connectivity index (χ2v) is 8.69. The first kappa shape index (κ1) is 19.5. The van der Waals surface area contributed by atoms with E-state index in [0.717, 1.165) is 24.2 Å². The van der Waals surface area contributed by atoms with Gasteiger partial charge in [-0.05, 0) is 55.7 Å². The van der Waals surface area contributed by atoms with Crippen LogP contribution in [0.15, 0.2) is 53.3 Å². The Hall–Kier alpha value is -3.45. The molecule has 0 fully saturated rings. The van der Waals surface area contributed by atoms with Gasteiger partial charge in [0.15, 0.2) is 5.75 Å². The number of rotatable bonds is 4. The molecule has 1 N–H and O–H groups in total. The number of aryl methyl sites for hydroxylation is 3. The number of fused-ring (bicyclic) bond motifs is 2. The van der Waals surface area contributed by atoms with Crippen LogP contribution < -0.4 is 15.6 Å². The van der Waals surface area contributed by atoms with Crippen LogP contribution in [0.1, 0.15) is 33.0 Å². The van der Waals surface area contributed by atoms with Crippen LogP contribution in [0.2, 0.25) is 0 Å². The van der Waals surface area contributed by atoms with Gasteiger partial charge in [0.2, 0.25) is 0 Å². The van der Waals surface area contributed by atoms with Gasteiger partial charge in [0, 0.05) is 13.0 Å². The molecule has 0 unspecified atom stereocenters. The second-order valence-electron chi connectivity index (χ2n) is 7.69. The third kappa shape index (κ3) is 3.51. The Labute approximate surface area is 183 Å². The van der Waals surface area contributed by atoms with Crippen molar-refractivity contribution in [3.05, 3.63) is 80.7 Å². The van der Waals surface area contributed by atoms with E-state index in [1.165, 1.54) is 11.3 Å². The molecule has 2 aromatic carbocycles. The van der Waals surface area contributed by atoms with E-state index in [-0.39, 0.29) is 11.5 Å². The maximum atomic E-state index is 13.1. The number of nitrogens with zero attached hydrogens (tertiary/aromatic N) is 2. The molecular formula is C24H21N3O3S. The maximum absolute atomic E-state index is 13.1. The van der Waals surface area contributed by atoms with Crippen molar-refractivity contribution in [3.8, 4) is 11.5 Å². The van der Waals surface area contributed by atoms with Crippen LogP contribution in [0.25, 0.3) is 10.2 Å². The Morgan fingerprint density at radius 1 is 1.16 bits per heavy atom. The SMILES string of the molecule is Cc1cccc(Oc2ccccc2NC(=O)c2sc3nc4n(c(=O)c3c2C)CCC4)c1. The summed E-state index contributed by atoms with van der Waals surface area (Å²) in [6.07, 6.45) is 1.73. The van der Waals surface area contributed by atoms with E-state index in [4.69, 9.17) is 4.74 Å². The number of aromatic nitrogens is 2. The van der Waals surface area contributed by atoms with Gasteiger partial charge in [0.05, 0.1) is 16.0 Å². The lowest BCUT2D eigenvalue weighted by Gasteiger charge is -2.12. The fourth-order valence-electron chi connectivity index (χ4n) is 3.94. The van der Waals surface area contributed by atoms with Crippen molar-refractivity contribution in [1.82, 2.24) is 9.55 Å². The molecule has 3 heterocycles. The number of hydrogen-bond donors (Lipinski definition) is 1. The van der Waals surface area contributed by atoms with Crippen LogP contribution in [0.4, 0.5) is 5.69 Å². The summed E-state index contributed by atoms with van der Waals surface area (Å²) in [6.45, 7) is 4.50. The fraction of sp³-hybridized carbons (Fsp3) is 0.208. The average molecular weight is 432 g/mol. The van der Waals surface area contributed by atoms with E-state index in [1.807, 2.05) is 56.3 Å². The fourth-order valence-corrected chi connectivity index (χ4v) is 5.02. The lowest BCUT2D eigenvalue weighted by atomic mass is 10.2. The summed E-state index contributed by atoms with van der Waals surface area (Å²) in [5.41, 5.74) is 2.28. The molecule has 1 amide bonds. The summed E-state index contributed by atoms with van der Waals surface area (Å²) >= 11 is 1.27. The van der Waals surface area contributed by atoms with Gasteiger partial charge in [0.1, 0.15) is 16.4 Å². The minimum atomic E-state index is -0.273. The first-order chi connectivity index (χ1) is 15.0.